The van der Waals surface area contributed by atoms with Crippen molar-refractivity contribution >= 4 is 11.8 Å². The molecule has 0 spiro atoms. The van der Waals surface area contributed by atoms with Gasteiger partial charge in [-0.1, -0.05) is 0 Å². The lowest BCUT2D eigenvalue weighted by molar-refractivity contribution is -0.146. The standard InChI is InChI=1S/C13H17N3O2/c1-8-14-11-5-3-4-10(11)12(15-8)16-6-9(7-16)13(17)18-2/h9H,3-7H2,1-2H3. The van der Waals surface area contributed by atoms with E-state index in [0.717, 1.165) is 44.0 Å². The number of nitrogens with zero attached hydrogens (tertiary/aromatic N) is 3. The van der Waals surface area contributed by atoms with Crippen LogP contribution in [-0.4, -0.2) is 36.1 Å². The summed E-state index contributed by atoms with van der Waals surface area (Å²) in [5.41, 5.74) is 2.47. The van der Waals surface area contributed by atoms with Gasteiger partial charge in [0.15, 0.2) is 0 Å². The first kappa shape index (κ1) is 11.4. The molecule has 5 heteroatoms. The molecule has 0 amide bonds. The summed E-state index contributed by atoms with van der Waals surface area (Å²) in [7, 11) is 1.44. The number of fused-ring (bicyclic) bond motifs is 1. The monoisotopic (exact) mass is 247 g/mol. The van der Waals surface area contributed by atoms with Gasteiger partial charge < -0.3 is 9.64 Å². The van der Waals surface area contributed by atoms with Crippen LogP contribution in [-0.2, 0) is 22.4 Å². The number of methoxy groups -OCH3 is 1. The maximum Gasteiger partial charge on any atom is 0.312 e. The molecule has 0 bridgehead atoms. The largest absolute Gasteiger partial charge is 0.469 e. The number of hydrogen-bond donors (Lipinski definition) is 0. The Bertz CT molecular complexity index is 495. The van der Waals surface area contributed by atoms with E-state index in [4.69, 9.17) is 4.74 Å². The minimum Gasteiger partial charge on any atom is -0.469 e. The molecule has 1 aliphatic carbocycles. The number of ether oxygens (including phenoxy) is 1. The minimum absolute atomic E-state index is 0.00215. The summed E-state index contributed by atoms with van der Waals surface area (Å²) in [6, 6.07) is 0. The van der Waals surface area contributed by atoms with Crippen LogP contribution < -0.4 is 4.90 Å². The Kier molecular flexibility index (Phi) is 2.69. The maximum absolute atomic E-state index is 11.4. The van der Waals surface area contributed by atoms with E-state index in [2.05, 4.69) is 14.9 Å². The molecule has 18 heavy (non-hydrogen) atoms. The molecule has 0 aromatic carbocycles. The van der Waals surface area contributed by atoms with Crippen LogP contribution in [0.2, 0.25) is 0 Å². The zero-order valence-electron chi connectivity index (χ0n) is 10.8. The number of carbonyl (C=O) groups is 1. The van der Waals surface area contributed by atoms with Crippen LogP contribution in [0.5, 0.6) is 0 Å². The summed E-state index contributed by atoms with van der Waals surface area (Å²) in [5, 5.41) is 0. The molecule has 1 aromatic heterocycles. The molecular weight excluding hydrogens is 230 g/mol. The number of aryl methyl sites for hydroxylation is 2. The van der Waals surface area contributed by atoms with Crippen molar-refractivity contribution in [3.05, 3.63) is 17.1 Å². The fourth-order valence-corrected chi connectivity index (χ4v) is 2.76. The van der Waals surface area contributed by atoms with Gasteiger partial charge >= 0.3 is 5.97 Å². The van der Waals surface area contributed by atoms with Gasteiger partial charge in [-0.3, -0.25) is 4.79 Å². The van der Waals surface area contributed by atoms with Gasteiger partial charge in [0.1, 0.15) is 11.6 Å². The fourth-order valence-electron chi connectivity index (χ4n) is 2.76. The van der Waals surface area contributed by atoms with Crippen LogP contribution in [0.3, 0.4) is 0 Å². The van der Waals surface area contributed by atoms with E-state index in [9.17, 15) is 4.79 Å². The normalized spacial score (nSPS) is 18.4. The molecular formula is C13H17N3O2. The molecule has 1 saturated heterocycles. The van der Waals surface area contributed by atoms with E-state index >= 15 is 0 Å². The van der Waals surface area contributed by atoms with Gasteiger partial charge in [0, 0.05) is 24.3 Å². The molecule has 1 aliphatic heterocycles. The maximum atomic E-state index is 11.4. The van der Waals surface area contributed by atoms with Crippen LogP contribution in [0.4, 0.5) is 5.82 Å². The molecule has 3 rings (SSSR count). The van der Waals surface area contributed by atoms with Crippen molar-refractivity contribution in [3.8, 4) is 0 Å². The number of anilines is 1. The highest BCUT2D eigenvalue weighted by Gasteiger charge is 2.36. The van der Waals surface area contributed by atoms with Crippen LogP contribution in [0.1, 0.15) is 23.5 Å². The Balaban J connectivity index is 1.81. The van der Waals surface area contributed by atoms with E-state index in [1.165, 1.54) is 18.4 Å². The topological polar surface area (TPSA) is 55.3 Å². The van der Waals surface area contributed by atoms with Gasteiger partial charge in [0.05, 0.1) is 13.0 Å². The van der Waals surface area contributed by atoms with Crippen LogP contribution in [0, 0.1) is 12.8 Å². The Hall–Kier alpha value is -1.65. The molecule has 2 heterocycles. The smallest absolute Gasteiger partial charge is 0.312 e. The predicted molar refractivity (Wildman–Crippen MR) is 66.5 cm³/mol. The summed E-state index contributed by atoms with van der Waals surface area (Å²) in [6.45, 7) is 3.37. The highest BCUT2D eigenvalue weighted by molar-refractivity contribution is 5.76. The average molecular weight is 247 g/mol. The highest BCUT2D eigenvalue weighted by Crippen LogP contribution is 2.32. The third-order valence-corrected chi connectivity index (χ3v) is 3.74. The summed E-state index contributed by atoms with van der Waals surface area (Å²) in [6.07, 6.45) is 3.28. The quantitative estimate of drug-likeness (QED) is 0.726. The SMILES string of the molecule is COC(=O)C1CN(c2nc(C)nc3c2CCC3)C1. The second-order valence-electron chi connectivity index (χ2n) is 5.00. The molecule has 1 aromatic rings. The lowest BCUT2D eigenvalue weighted by Gasteiger charge is -2.39. The van der Waals surface area contributed by atoms with Gasteiger partial charge in [0.25, 0.3) is 0 Å². The van der Waals surface area contributed by atoms with Crippen molar-refractivity contribution in [2.24, 2.45) is 5.92 Å². The second-order valence-corrected chi connectivity index (χ2v) is 5.00. The number of hydrogen-bond acceptors (Lipinski definition) is 5. The minimum atomic E-state index is -0.117. The Morgan fingerprint density at radius 2 is 2.11 bits per heavy atom. The van der Waals surface area contributed by atoms with Crippen LogP contribution >= 0.6 is 0 Å². The molecule has 96 valence electrons. The zero-order chi connectivity index (χ0) is 12.7. The number of aromatic nitrogens is 2. The van der Waals surface area contributed by atoms with Crippen LogP contribution in [0.15, 0.2) is 0 Å². The Morgan fingerprint density at radius 1 is 1.33 bits per heavy atom. The van der Waals surface area contributed by atoms with Gasteiger partial charge in [-0.25, -0.2) is 9.97 Å². The summed E-state index contributed by atoms with van der Waals surface area (Å²) in [4.78, 5) is 22.6. The number of carbonyl (C=O) groups excluding carboxylic acids is 1. The first-order valence-electron chi connectivity index (χ1n) is 6.38. The van der Waals surface area contributed by atoms with Gasteiger partial charge in [0.2, 0.25) is 0 Å². The summed E-state index contributed by atoms with van der Waals surface area (Å²) >= 11 is 0. The van der Waals surface area contributed by atoms with E-state index in [1.807, 2.05) is 6.92 Å². The van der Waals surface area contributed by atoms with Crippen molar-refractivity contribution in [2.45, 2.75) is 26.2 Å². The first-order chi connectivity index (χ1) is 8.69. The second kappa shape index (κ2) is 4.23. The number of rotatable bonds is 2. The Morgan fingerprint density at radius 3 is 2.83 bits per heavy atom. The van der Waals surface area contributed by atoms with E-state index < -0.39 is 0 Å². The van der Waals surface area contributed by atoms with Gasteiger partial charge in [-0.2, -0.15) is 0 Å². The fraction of sp³-hybridized carbons (Fsp3) is 0.615. The molecule has 0 unspecified atom stereocenters. The van der Waals surface area contributed by atoms with E-state index in [1.54, 1.807) is 0 Å². The third kappa shape index (κ3) is 1.74. The summed E-state index contributed by atoms with van der Waals surface area (Å²) in [5.74, 6) is 1.75. The molecule has 0 radical (unpaired) electrons. The molecule has 0 atom stereocenters. The van der Waals surface area contributed by atoms with Gasteiger partial charge in [-0.15, -0.1) is 0 Å². The lowest BCUT2D eigenvalue weighted by Crippen LogP contribution is -2.51. The summed E-state index contributed by atoms with van der Waals surface area (Å²) < 4.78 is 4.76. The predicted octanol–water partition coefficient (Wildman–Crippen LogP) is 0.883. The van der Waals surface area contributed by atoms with Crippen molar-refractivity contribution in [2.75, 3.05) is 25.1 Å². The van der Waals surface area contributed by atoms with E-state index in [-0.39, 0.29) is 11.9 Å². The van der Waals surface area contributed by atoms with Crippen molar-refractivity contribution in [3.63, 3.8) is 0 Å². The first-order valence-corrected chi connectivity index (χ1v) is 6.38. The van der Waals surface area contributed by atoms with Crippen molar-refractivity contribution < 1.29 is 9.53 Å². The van der Waals surface area contributed by atoms with Crippen molar-refractivity contribution in [1.82, 2.24) is 9.97 Å². The molecule has 0 saturated carbocycles. The molecule has 0 N–H and O–H groups in total. The molecule has 5 nitrogen and oxygen atoms in total. The Labute approximate surface area is 106 Å². The number of esters is 1. The molecule has 1 fully saturated rings. The molecule has 2 aliphatic rings. The van der Waals surface area contributed by atoms with Crippen molar-refractivity contribution in [1.29, 1.82) is 0 Å². The van der Waals surface area contributed by atoms with Crippen LogP contribution in [0.25, 0.3) is 0 Å². The van der Waals surface area contributed by atoms with Gasteiger partial charge in [-0.05, 0) is 26.2 Å². The highest BCUT2D eigenvalue weighted by atomic mass is 16.5. The average Bonchev–Trinajstić information content (AvgIpc) is 2.74. The lowest BCUT2D eigenvalue weighted by atomic mass is 9.99. The third-order valence-electron chi connectivity index (χ3n) is 3.74. The zero-order valence-corrected chi connectivity index (χ0v) is 10.8. The van der Waals surface area contributed by atoms with E-state index in [0.29, 0.717) is 0 Å².